The van der Waals surface area contributed by atoms with Gasteiger partial charge in [0.2, 0.25) is 0 Å². The minimum Gasteiger partial charge on any atom is -0.389 e. The van der Waals surface area contributed by atoms with Gasteiger partial charge in [0.15, 0.2) is 0 Å². The maximum absolute atomic E-state index is 9.34. The predicted molar refractivity (Wildman–Crippen MR) is 50.5 cm³/mol. The first-order valence-corrected chi connectivity index (χ1v) is 5.07. The van der Waals surface area contributed by atoms with Crippen LogP contribution in [0.5, 0.6) is 0 Å². The summed E-state index contributed by atoms with van der Waals surface area (Å²) in [6.07, 6.45) is -0.922. The summed E-state index contributed by atoms with van der Waals surface area (Å²) in [4.78, 5) is 5.31. The Morgan fingerprint density at radius 2 is 1.79 bits per heavy atom. The van der Waals surface area contributed by atoms with Gasteiger partial charge in [0.1, 0.15) is 6.10 Å². The highest BCUT2D eigenvalue weighted by Crippen LogP contribution is 2.12. The molecule has 0 aromatic heterocycles. The fourth-order valence-electron chi connectivity index (χ4n) is 1.41. The molecule has 0 aromatic carbocycles. The van der Waals surface area contributed by atoms with Crippen LogP contribution >= 0.6 is 0 Å². The van der Waals surface area contributed by atoms with E-state index in [1.807, 2.05) is 0 Å². The number of aliphatic hydroxyl groups is 3. The molecule has 0 aromatic rings. The molecule has 1 fully saturated rings. The van der Waals surface area contributed by atoms with E-state index in [1.165, 1.54) is 5.06 Å². The van der Waals surface area contributed by atoms with E-state index in [1.54, 1.807) is 0 Å². The third-order valence-electron chi connectivity index (χ3n) is 2.34. The van der Waals surface area contributed by atoms with E-state index < -0.39 is 18.3 Å². The molecule has 0 bridgehead atoms. The van der Waals surface area contributed by atoms with Gasteiger partial charge < -0.3 is 15.3 Å². The van der Waals surface area contributed by atoms with E-state index in [0.717, 1.165) is 12.8 Å². The highest BCUT2D eigenvalue weighted by molar-refractivity contribution is 4.83. The zero-order chi connectivity index (χ0) is 10.6. The van der Waals surface area contributed by atoms with Crippen molar-refractivity contribution in [3.8, 4) is 0 Å². The van der Waals surface area contributed by atoms with Gasteiger partial charge in [-0.3, -0.25) is 4.84 Å². The monoisotopic (exact) mass is 205 g/mol. The first-order valence-electron chi connectivity index (χ1n) is 5.07. The van der Waals surface area contributed by atoms with Crippen molar-refractivity contribution in [2.45, 2.75) is 38.1 Å². The third-order valence-corrected chi connectivity index (χ3v) is 2.34. The number of aliphatic hydroxyl groups excluding tert-OH is 3. The van der Waals surface area contributed by atoms with Gasteiger partial charge >= 0.3 is 0 Å². The highest BCUT2D eigenvalue weighted by atomic mass is 16.7. The Morgan fingerprint density at radius 1 is 1.21 bits per heavy atom. The van der Waals surface area contributed by atoms with Crippen LogP contribution in [0.3, 0.4) is 0 Å². The van der Waals surface area contributed by atoms with Crippen LogP contribution in [0.4, 0.5) is 0 Å². The molecule has 84 valence electrons. The Morgan fingerprint density at radius 3 is 2.29 bits per heavy atom. The molecule has 1 aliphatic heterocycles. The first kappa shape index (κ1) is 11.9. The summed E-state index contributed by atoms with van der Waals surface area (Å²) in [5.41, 5.74) is 0. The Hall–Kier alpha value is -0.200. The largest absolute Gasteiger partial charge is 0.389 e. The molecule has 5 heteroatoms. The second-order valence-electron chi connectivity index (χ2n) is 3.66. The normalized spacial score (nSPS) is 34.7. The second-order valence-corrected chi connectivity index (χ2v) is 3.66. The van der Waals surface area contributed by atoms with Gasteiger partial charge in [0.05, 0.1) is 31.9 Å². The van der Waals surface area contributed by atoms with E-state index in [0.29, 0.717) is 6.61 Å². The van der Waals surface area contributed by atoms with Crippen LogP contribution in [-0.4, -0.2) is 58.4 Å². The number of hydroxylamine groups is 2. The van der Waals surface area contributed by atoms with Gasteiger partial charge in [-0.25, -0.2) is 0 Å². The lowest BCUT2D eigenvalue weighted by Crippen LogP contribution is -2.55. The molecular formula is C9H19NO4. The molecule has 2 atom stereocenters. The number of rotatable bonds is 4. The van der Waals surface area contributed by atoms with Crippen molar-refractivity contribution >= 4 is 0 Å². The van der Waals surface area contributed by atoms with E-state index in [2.05, 4.69) is 6.92 Å². The molecule has 0 saturated carbocycles. The number of hydrogen-bond donors (Lipinski definition) is 3. The summed E-state index contributed by atoms with van der Waals surface area (Å²) in [6.45, 7) is 3.16. The van der Waals surface area contributed by atoms with Gasteiger partial charge in [-0.1, -0.05) is 13.3 Å². The lowest BCUT2D eigenvalue weighted by atomic mass is 10.0. The van der Waals surface area contributed by atoms with Crippen molar-refractivity contribution in [3.63, 3.8) is 0 Å². The average Bonchev–Trinajstić information content (AvgIpc) is 2.14. The summed E-state index contributed by atoms with van der Waals surface area (Å²) in [5.74, 6) is 0. The summed E-state index contributed by atoms with van der Waals surface area (Å²) >= 11 is 0. The van der Waals surface area contributed by atoms with Crippen LogP contribution in [0.1, 0.15) is 19.8 Å². The maximum atomic E-state index is 9.34. The minimum atomic E-state index is -1.05. The van der Waals surface area contributed by atoms with Crippen molar-refractivity contribution in [2.75, 3.05) is 19.7 Å². The maximum Gasteiger partial charge on any atom is 0.108 e. The van der Waals surface area contributed by atoms with Crippen LogP contribution in [0.15, 0.2) is 0 Å². The van der Waals surface area contributed by atoms with E-state index >= 15 is 0 Å². The second kappa shape index (κ2) is 5.63. The molecule has 5 nitrogen and oxygen atoms in total. The summed E-state index contributed by atoms with van der Waals surface area (Å²) in [5, 5.41) is 29.5. The molecule has 1 heterocycles. The van der Waals surface area contributed by atoms with E-state index in [-0.39, 0.29) is 13.1 Å². The zero-order valence-electron chi connectivity index (χ0n) is 8.46. The summed E-state index contributed by atoms with van der Waals surface area (Å²) in [6, 6.07) is 0. The summed E-state index contributed by atoms with van der Waals surface area (Å²) < 4.78 is 0. The van der Waals surface area contributed by atoms with Gasteiger partial charge in [-0.15, -0.1) is 0 Å². The standard InChI is InChI=1S/C9H19NO4/c1-2-3-4-14-10-5-7(11)9(13)8(12)6-10/h7-9,11-13H,2-6H2,1H3. The number of hydrogen-bond acceptors (Lipinski definition) is 5. The number of unbranched alkanes of at least 4 members (excludes halogenated alkanes) is 1. The van der Waals surface area contributed by atoms with Crippen LogP contribution < -0.4 is 0 Å². The van der Waals surface area contributed by atoms with Crippen molar-refractivity contribution < 1.29 is 20.2 Å². The Kier molecular flexibility index (Phi) is 4.77. The van der Waals surface area contributed by atoms with Gasteiger partial charge in [-0.05, 0) is 6.42 Å². The Balaban J connectivity index is 2.27. The molecule has 2 unspecified atom stereocenters. The van der Waals surface area contributed by atoms with Crippen LogP contribution in [0, 0.1) is 0 Å². The topological polar surface area (TPSA) is 73.2 Å². The molecule has 3 N–H and O–H groups in total. The highest BCUT2D eigenvalue weighted by Gasteiger charge is 2.33. The fraction of sp³-hybridized carbons (Fsp3) is 1.00. The SMILES string of the molecule is CCCCON1CC(O)C(O)C(O)C1. The molecule has 14 heavy (non-hydrogen) atoms. The smallest absolute Gasteiger partial charge is 0.108 e. The lowest BCUT2D eigenvalue weighted by Gasteiger charge is -2.35. The molecule has 0 aliphatic carbocycles. The van der Waals surface area contributed by atoms with Gasteiger partial charge in [0.25, 0.3) is 0 Å². The number of piperidine rings is 1. The van der Waals surface area contributed by atoms with E-state index in [9.17, 15) is 15.3 Å². The molecule has 1 saturated heterocycles. The molecule has 0 amide bonds. The molecule has 0 radical (unpaired) electrons. The first-order chi connectivity index (χ1) is 6.65. The van der Waals surface area contributed by atoms with Crippen molar-refractivity contribution in [2.24, 2.45) is 0 Å². The fourth-order valence-corrected chi connectivity index (χ4v) is 1.41. The molecule has 1 aliphatic rings. The van der Waals surface area contributed by atoms with Crippen molar-refractivity contribution in [3.05, 3.63) is 0 Å². The molecule has 0 spiro atoms. The van der Waals surface area contributed by atoms with Crippen LogP contribution in [-0.2, 0) is 4.84 Å². The number of β-amino-alcohol motifs (C(OH)–C–C–N with tert-alkyl or cyclic N) is 2. The lowest BCUT2D eigenvalue weighted by molar-refractivity contribution is -0.232. The number of nitrogens with zero attached hydrogens (tertiary/aromatic N) is 1. The van der Waals surface area contributed by atoms with Crippen molar-refractivity contribution in [1.29, 1.82) is 0 Å². The van der Waals surface area contributed by atoms with Crippen LogP contribution in [0.25, 0.3) is 0 Å². The average molecular weight is 205 g/mol. The van der Waals surface area contributed by atoms with E-state index in [4.69, 9.17) is 4.84 Å². The van der Waals surface area contributed by atoms with Crippen molar-refractivity contribution in [1.82, 2.24) is 5.06 Å². The summed E-state index contributed by atoms with van der Waals surface area (Å²) in [7, 11) is 0. The Labute approximate surface area is 83.9 Å². The van der Waals surface area contributed by atoms with Crippen LogP contribution in [0.2, 0.25) is 0 Å². The van der Waals surface area contributed by atoms with Gasteiger partial charge in [-0.2, -0.15) is 5.06 Å². The molecular weight excluding hydrogens is 186 g/mol. The zero-order valence-corrected chi connectivity index (χ0v) is 8.46. The molecule has 1 rings (SSSR count). The minimum absolute atomic E-state index is 0.252. The predicted octanol–water partition coefficient (Wildman–Crippen LogP) is -0.884. The third kappa shape index (κ3) is 3.18. The Bertz CT molecular complexity index is 155. The van der Waals surface area contributed by atoms with Gasteiger partial charge in [0, 0.05) is 0 Å². The quantitative estimate of drug-likeness (QED) is 0.520.